The highest BCUT2D eigenvalue weighted by atomic mass is 35.5. The van der Waals surface area contributed by atoms with E-state index in [1.165, 1.54) is 13.2 Å². The van der Waals surface area contributed by atoms with E-state index in [1.807, 2.05) is 0 Å². The summed E-state index contributed by atoms with van der Waals surface area (Å²) >= 11 is 18.3. The van der Waals surface area contributed by atoms with Crippen molar-refractivity contribution >= 4 is 40.4 Å². The molecule has 0 bridgehead atoms. The molecule has 0 amide bonds. The maximum atomic E-state index is 11.1. The zero-order valence-electron chi connectivity index (χ0n) is 11.1. The molecule has 1 aromatic rings. The molecule has 1 saturated carbocycles. The molecule has 0 aliphatic heterocycles. The van der Waals surface area contributed by atoms with Crippen LogP contribution < -0.4 is 0 Å². The minimum absolute atomic E-state index is 0.206. The number of halogens is 3. The molecule has 2 rings (SSSR count). The SMILES string of the molecule is C/C(Cl)=C(\C(Cl)=C/N(C)[O-])c1noc(C2CC2)c1CCl. The van der Waals surface area contributed by atoms with Gasteiger partial charge in [0.25, 0.3) is 0 Å². The Hall–Kier alpha value is -0.680. The highest BCUT2D eigenvalue weighted by molar-refractivity contribution is 6.41. The van der Waals surface area contributed by atoms with E-state index in [9.17, 15) is 5.21 Å². The van der Waals surface area contributed by atoms with Gasteiger partial charge in [-0.15, -0.1) is 11.6 Å². The molecular formula is C13H14Cl3N2O2-. The second-order valence-corrected chi connectivity index (χ2v) is 5.95. The highest BCUT2D eigenvalue weighted by Crippen LogP contribution is 2.45. The molecule has 1 aliphatic rings. The molecular weight excluding hydrogens is 323 g/mol. The fraction of sp³-hybridized carbons (Fsp3) is 0.462. The first-order chi connectivity index (χ1) is 9.45. The number of hydroxylamine groups is 2. The third kappa shape index (κ3) is 3.31. The Morgan fingerprint density at radius 1 is 1.50 bits per heavy atom. The second-order valence-electron chi connectivity index (χ2n) is 4.71. The maximum Gasteiger partial charge on any atom is 0.144 e. The summed E-state index contributed by atoms with van der Waals surface area (Å²) in [6.07, 6.45) is 3.38. The van der Waals surface area contributed by atoms with Crippen LogP contribution in [0.15, 0.2) is 20.8 Å². The summed E-state index contributed by atoms with van der Waals surface area (Å²) < 4.78 is 5.39. The molecule has 1 aromatic heterocycles. The molecule has 0 saturated heterocycles. The number of hydrogen-bond donors (Lipinski definition) is 0. The number of nitrogens with zero attached hydrogens (tertiary/aromatic N) is 2. The average molecular weight is 337 g/mol. The van der Waals surface area contributed by atoms with Gasteiger partial charge in [0.1, 0.15) is 11.5 Å². The molecule has 1 aliphatic carbocycles. The average Bonchev–Trinajstić information content (AvgIpc) is 3.10. The fourth-order valence-electron chi connectivity index (χ4n) is 1.98. The fourth-order valence-corrected chi connectivity index (χ4v) is 2.85. The van der Waals surface area contributed by atoms with E-state index in [-0.39, 0.29) is 10.9 Å². The molecule has 0 N–H and O–H groups in total. The van der Waals surface area contributed by atoms with Crippen LogP contribution in [0.1, 0.15) is 42.7 Å². The van der Waals surface area contributed by atoms with E-state index < -0.39 is 0 Å². The van der Waals surface area contributed by atoms with Crippen LogP contribution in [0.25, 0.3) is 5.57 Å². The van der Waals surface area contributed by atoms with Gasteiger partial charge in [-0.2, -0.15) is 0 Å². The molecule has 0 atom stereocenters. The van der Waals surface area contributed by atoms with Crippen molar-refractivity contribution in [2.75, 3.05) is 7.05 Å². The smallest absolute Gasteiger partial charge is 0.144 e. The largest absolute Gasteiger partial charge is 0.759 e. The standard InChI is InChI=1S/C13H14Cl3N2O2/c1-7(15)11(10(16)6-18(2)19)12-9(5-14)13(20-17-12)8-3-4-8/h6,8H,3-5H2,1-2H3/q-1/b10-6+,11-7-. The summed E-state index contributed by atoms with van der Waals surface area (Å²) in [5.41, 5.74) is 1.78. The maximum absolute atomic E-state index is 11.1. The number of allylic oxidation sites excluding steroid dienone is 3. The van der Waals surface area contributed by atoms with Crippen molar-refractivity contribution in [3.05, 3.63) is 38.5 Å². The molecule has 20 heavy (non-hydrogen) atoms. The van der Waals surface area contributed by atoms with Crippen LogP contribution in [-0.2, 0) is 5.88 Å². The lowest BCUT2D eigenvalue weighted by Crippen LogP contribution is -2.01. The number of rotatable bonds is 5. The lowest BCUT2D eigenvalue weighted by atomic mass is 10.1. The molecule has 1 heterocycles. The van der Waals surface area contributed by atoms with E-state index in [1.54, 1.807) is 6.92 Å². The van der Waals surface area contributed by atoms with Gasteiger partial charge in [0.2, 0.25) is 0 Å². The Balaban J connectivity index is 2.48. The van der Waals surface area contributed by atoms with Gasteiger partial charge < -0.3 is 14.8 Å². The van der Waals surface area contributed by atoms with Gasteiger partial charge in [0.05, 0.1) is 10.9 Å². The Kier molecular flexibility index (Phi) is 5.02. The molecule has 0 aromatic carbocycles. The summed E-state index contributed by atoms with van der Waals surface area (Å²) in [5.74, 6) is 1.44. The molecule has 0 spiro atoms. The van der Waals surface area contributed by atoms with Crippen LogP contribution >= 0.6 is 34.8 Å². The van der Waals surface area contributed by atoms with Crippen LogP contribution in [0.2, 0.25) is 0 Å². The summed E-state index contributed by atoms with van der Waals surface area (Å²) in [6, 6.07) is 0. The van der Waals surface area contributed by atoms with Gasteiger partial charge >= 0.3 is 0 Å². The summed E-state index contributed by atoms with van der Waals surface area (Å²) in [4.78, 5) is 0. The summed E-state index contributed by atoms with van der Waals surface area (Å²) in [5, 5.41) is 16.4. The van der Waals surface area contributed by atoms with Crippen LogP contribution in [0.4, 0.5) is 0 Å². The van der Waals surface area contributed by atoms with Crippen molar-refractivity contribution in [1.29, 1.82) is 0 Å². The number of aromatic nitrogens is 1. The van der Waals surface area contributed by atoms with E-state index in [0.29, 0.717) is 27.3 Å². The van der Waals surface area contributed by atoms with Gasteiger partial charge in [-0.25, -0.2) is 0 Å². The van der Waals surface area contributed by atoms with Gasteiger partial charge in [-0.05, 0) is 26.8 Å². The zero-order chi connectivity index (χ0) is 14.9. The van der Waals surface area contributed by atoms with Gasteiger partial charge in [-0.1, -0.05) is 28.4 Å². The van der Waals surface area contributed by atoms with Crippen molar-refractivity contribution in [2.45, 2.75) is 31.6 Å². The third-order valence-corrected chi connectivity index (χ3v) is 3.76. The van der Waals surface area contributed by atoms with E-state index in [0.717, 1.165) is 24.2 Å². The van der Waals surface area contributed by atoms with E-state index in [2.05, 4.69) is 5.16 Å². The quantitative estimate of drug-likeness (QED) is 0.441. The highest BCUT2D eigenvalue weighted by Gasteiger charge is 2.33. The molecule has 4 nitrogen and oxygen atoms in total. The lowest BCUT2D eigenvalue weighted by molar-refractivity contribution is 0.382. The third-order valence-electron chi connectivity index (χ3n) is 3.02. The van der Waals surface area contributed by atoms with Crippen molar-refractivity contribution in [3.63, 3.8) is 0 Å². The second kappa shape index (κ2) is 6.39. The Labute approximate surface area is 132 Å². The summed E-state index contributed by atoms with van der Waals surface area (Å²) in [6.45, 7) is 1.68. The first-order valence-electron chi connectivity index (χ1n) is 6.14. The van der Waals surface area contributed by atoms with Crippen molar-refractivity contribution in [3.8, 4) is 0 Å². The van der Waals surface area contributed by atoms with Crippen LogP contribution in [-0.4, -0.2) is 17.3 Å². The Morgan fingerprint density at radius 3 is 2.60 bits per heavy atom. The molecule has 1 fully saturated rings. The lowest BCUT2D eigenvalue weighted by Gasteiger charge is -2.20. The normalized spacial score (nSPS) is 17.2. The van der Waals surface area contributed by atoms with Crippen LogP contribution in [0, 0.1) is 5.21 Å². The monoisotopic (exact) mass is 335 g/mol. The number of alkyl halides is 1. The van der Waals surface area contributed by atoms with Crippen molar-refractivity contribution in [1.82, 2.24) is 10.2 Å². The minimum atomic E-state index is 0.206. The summed E-state index contributed by atoms with van der Waals surface area (Å²) in [7, 11) is 1.34. The molecule has 110 valence electrons. The number of hydrogen-bond acceptors (Lipinski definition) is 4. The predicted molar refractivity (Wildman–Crippen MR) is 81.5 cm³/mol. The van der Waals surface area contributed by atoms with Crippen molar-refractivity contribution < 1.29 is 4.52 Å². The van der Waals surface area contributed by atoms with Crippen LogP contribution in [0.3, 0.4) is 0 Å². The minimum Gasteiger partial charge on any atom is -0.759 e. The molecule has 0 unspecified atom stereocenters. The van der Waals surface area contributed by atoms with Crippen molar-refractivity contribution in [2.24, 2.45) is 0 Å². The molecule has 0 radical (unpaired) electrons. The van der Waals surface area contributed by atoms with Gasteiger partial charge in [0, 0.05) is 28.3 Å². The topological polar surface area (TPSA) is 52.3 Å². The Morgan fingerprint density at radius 2 is 2.15 bits per heavy atom. The van der Waals surface area contributed by atoms with E-state index >= 15 is 0 Å². The van der Waals surface area contributed by atoms with Gasteiger partial charge in [-0.3, -0.25) is 0 Å². The van der Waals surface area contributed by atoms with E-state index in [4.69, 9.17) is 39.3 Å². The molecule has 7 heteroatoms. The predicted octanol–water partition coefficient (Wildman–Crippen LogP) is 4.77. The van der Waals surface area contributed by atoms with Crippen LogP contribution in [0.5, 0.6) is 0 Å². The zero-order valence-corrected chi connectivity index (χ0v) is 13.4. The Bertz CT molecular complexity index is 556. The first-order valence-corrected chi connectivity index (χ1v) is 7.43. The van der Waals surface area contributed by atoms with Gasteiger partial charge in [0.15, 0.2) is 0 Å². The first kappa shape index (κ1) is 15.7.